The second-order valence-corrected chi connectivity index (χ2v) is 9.92. The average molecular weight is 559 g/mol. The standard InChI is InChI=1S/C28H29F3N4O5/c1-34-14-21(18-3-5-35(6-4-18)24(39)11-23(38)28(29,30)31)25-26(40-2)20(13-33-27(25)34)10-22(37)19-8-16(12-32)7-17(9-19)15-36/h7-9,13-14,18,23,36,38H,3-6,10-11,15H2,1-2H3/t23-/m1/s1. The van der Waals surface area contributed by atoms with Crippen LogP contribution in [0.1, 0.15) is 57.8 Å². The highest BCUT2D eigenvalue weighted by molar-refractivity contribution is 5.99. The number of pyridine rings is 1. The summed E-state index contributed by atoms with van der Waals surface area (Å²) in [6.45, 7) is 0.162. The van der Waals surface area contributed by atoms with E-state index in [4.69, 9.17) is 4.74 Å². The molecule has 12 heteroatoms. The molecule has 0 unspecified atom stereocenters. The number of carbonyl (C=O) groups is 2. The fraction of sp³-hybridized carbons (Fsp3) is 0.429. The molecule has 3 aromatic rings. The number of aliphatic hydroxyl groups is 2. The molecule has 0 spiro atoms. The van der Waals surface area contributed by atoms with Gasteiger partial charge in [-0.2, -0.15) is 18.4 Å². The number of aliphatic hydroxyl groups excluding tert-OH is 2. The van der Waals surface area contributed by atoms with E-state index in [2.05, 4.69) is 4.98 Å². The Morgan fingerprint density at radius 2 is 1.95 bits per heavy atom. The number of aryl methyl sites for hydroxylation is 1. The van der Waals surface area contributed by atoms with Crippen LogP contribution in [0.5, 0.6) is 5.75 Å². The Labute approximate surface area is 228 Å². The van der Waals surface area contributed by atoms with Crippen molar-refractivity contribution in [2.75, 3.05) is 20.2 Å². The zero-order valence-electron chi connectivity index (χ0n) is 22.0. The van der Waals surface area contributed by atoms with Crippen LogP contribution in [0.2, 0.25) is 0 Å². The Morgan fingerprint density at radius 3 is 2.55 bits per heavy atom. The first-order chi connectivity index (χ1) is 19.0. The maximum atomic E-state index is 13.2. The summed E-state index contributed by atoms with van der Waals surface area (Å²) in [4.78, 5) is 31.4. The summed E-state index contributed by atoms with van der Waals surface area (Å²) in [5, 5.41) is 28.8. The lowest BCUT2D eigenvalue weighted by Crippen LogP contribution is -2.41. The molecule has 212 valence electrons. The van der Waals surface area contributed by atoms with Gasteiger partial charge in [0.15, 0.2) is 11.9 Å². The van der Waals surface area contributed by atoms with Crippen molar-refractivity contribution in [3.63, 3.8) is 0 Å². The molecule has 1 atom stereocenters. The first-order valence-corrected chi connectivity index (χ1v) is 12.7. The molecule has 3 heterocycles. The number of ketones is 1. The summed E-state index contributed by atoms with van der Waals surface area (Å²) in [5.74, 6) is -0.594. The molecule has 1 aromatic carbocycles. The van der Waals surface area contributed by atoms with Crippen molar-refractivity contribution < 1.29 is 37.7 Å². The third-order valence-corrected chi connectivity index (χ3v) is 7.26. The first kappa shape index (κ1) is 29.0. The monoisotopic (exact) mass is 558 g/mol. The number of hydrogen-bond donors (Lipinski definition) is 2. The van der Waals surface area contributed by atoms with E-state index in [-0.39, 0.29) is 48.9 Å². The van der Waals surface area contributed by atoms with Crippen LogP contribution in [0.3, 0.4) is 0 Å². The quantitative estimate of drug-likeness (QED) is 0.406. The van der Waals surface area contributed by atoms with Crippen molar-refractivity contribution in [3.05, 3.63) is 58.4 Å². The van der Waals surface area contributed by atoms with E-state index >= 15 is 0 Å². The van der Waals surface area contributed by atoms with E-state index in [9.17, 15) is 38.2 Å². The van der Waals surface area contributed by atoms with Crippen LogP contribution < -0.4 is 4.74 Å². The molecule has 0 bridgehead atoms. The summed E-state index contributed by atoms with van der Waals surface area (Å²) in [6, 6.07) is 6.51. The number of fused-ring (bicyclic) bond motifs is 1. The van der Waals surface area contributed by atoms with Gasteiger partial charge in [0.1, 0.15) is 11.4 Å². The highest BCUT2D eigenvalue weighted by Gasteiger charge is 2.40. The number of rotatable bonds is 8. The van der Waals surface area contributed by atoms with E-state index in [1.54, 1.807) is 12.3 Å². The number of nitrogens with zero attached hydrogens (tertiary/aromatic N) is 4. The second kappa shape index (κ2) is 11.7. The van der Waals surface area contributed by atoms with Crippen molar-refractivity contribution in [1.82, 2.24) is 14.5 Å². The molecule has 1 saturated heterocycles. The van der Waals surface area contributed by atoms with Crippen molar-refractivity contribution >= 4 is 22.7 Å². The summed E-state index contributed by atoms with van der Waals surface area (Å²) in [7, 11) is 3.32. The molecule has 40 heavy (non-hydrogen) atoms. The number of benzene rings is 1. The van der Waals surface area contributed by atoms with Gasteiger partial charge in [-0.25, -0.2) is 4.98 Å². The summed E-state index contributed by atoms with van der Waals surface area (Å²) in [6.07, 6.45) is -4.15. The molecule has 2 aromatic heterocycles. The first-order valence-electron chi connectivity index (χ1n) is 12.7. The average Bonchev–Trinajstić information content (AvgIpc) is 3.28. The summed E-state index contributed by atoms with van der Waals surface area (Å²) >= 11 is 0. The number of Topliss-reactive ketones (excluding diaryl/α,β-unsaturated/α-hetero) is 1. The largest absolute Gasteiger partial charge is 0.496 e. The Kier molecular flexibility index (Phi) is 8.46. The molecule has 1 amide bonds. The van der Waals surface area contributed by atoms with E-state index < -0.39 is 24.6 Å². The molecule has 4 rings (SSSR count). The fourth-order valence-electron chi connectivity index (χ4n) is 5.19. The van der Waals surface area contributed by atoms with E-state index in [1.165, 1.54) is 24.1 Å². The van der Waals surface area contributed by atoms with Crippen LogP contribution in [0.25, 0.3) is 11.0 Å². The van der Waals surface area contributed by atoms with Crippen LogP contribution in [0.15, 0.2) is 30.6 Å². The lowest BCUT2D eigenvalue weighted by Gasteiger charge is -2.32. The van der Waals surface area contributed by atoms with E-state index in [1.807, 2.05) is 23.9 Å². The number of halogens is 3. The van der Waals surface area contributed by atoms with Crippen LogP contribution in [-0.2, 0) is 24.9 Å². The number of likely N-dealkylation sites (tertiary alicyclic amines) is 1. The molecule has 1 aliphatic rings. The predicted molar refractivity (Wildman–Crippen MR) is 138 cm³/mol. The number of ether oxygens (including phenoxy) is 1. The van der Waals surface area contributed by atoms with Crippen LogP contribution >= 0.6 is 0 Å². The minimum Gasteiger partial charge on any atom is -0.496 e. The molecule has 0 radical (unpaired) electrons. The number of carbonyl (C=O) groups excluding carboxylic acids is 2. The van der Waals surface area contributed by atoms with Gasteiger partial charge in [-0.15, -0.1) is 0 Å². The number of methoxy groups -OCH3 is 1. The fourth-order valence-corrected chi connectivity index (χ4v) is 5.19. The number of piperidine rings is 1. The highest BCUT2D eigenvalue weighted by atomic mass is 19.4. The van der Waals surface area contributed by atoms with E-state index in [0.717, 1.165) is 10.9 Å². The van der Waals surface area contributed by atoms with Crippen LogP contribution in [-0.4, -0.2) is 68.8 Å². The third kappa shape index (κ3) is 5.95. The molecular weight excluding hydrogens is 529 g/mol. The van der Waals surface area contributed by atoms with Gasteiger partial charge < -0.3 is 24.4 Å². The number of aromatic nitrogens is 2. The summed E-state index contributed by atoms with van der Waals surface area (Å²) < 4.78 is 45.6. The summed E-state index contributed by atoms with van der Waals surface area (Å²) in [5.41, 5.74) is 3.06. The SMILES string of the molecule is COc1c(CC(=O)c2cc(C#N)cc(CO)c2)cnc2c1c(C1CCN(C(=O)C[C@@H](O)C(F)(F)F)CC1)cn2C. The second-order valence-electron chi connectivity index (χ2n) is 9.92. The number of alkyl halides is 3. The maximum Gasteiger partial charge on any atom is 0.414 e. The Bertz CT molecular complexity index is 1470. The number of amides is 1. The molecule has 2 N–H and O–H groups in total. The zero-order valence-corrected chi connectivity index (χ0v) is 22.0. The normalized spacial score (nSPS) is 15.2. The zero-order chi connectivity index (χ0) is 29.2. The number of nitriles is 1. The molecular formula is C28H29F3N4O5. The van der Waals surface area contributed by atoms with Gasteiger partial charge in [0.2, 0.25) is 5.91 Å². The van der Waals surface area contributed by atoms with E-state index in [0.29, 0.717) is 35.4 Å². The minimum absolute atomic E-state index is 0.0404. The number of hydrogen-bond acceptors (Lipinski definition) is 7. The van der Waals surface area contributed by atoms with Crippen molar-refractivity contribution in [1.29, 1.82) is 5.26 Å². The van der Waals surface area contributed by atoms with Crippen molar-refractivity contribution in [3.8, 4) is 11.8 Å². The predicted octanol–water partition coefficient (Wildman–Crippen LogP) is 3.39. The van der Waals surface area contributed by atoms with Gasteiger partial charge in [0, 0.05) is 50.1 Å². The molecule has 1 aliphatic heterocycles. The van der Waals surface area contributed by atoms with Crippen LogP contribution in [0, 0.1) is 11.3 Å². The third-order valence-electron chi connectivity index (χ3n) is 7.26. The Hall–Kier alpha value is -3.95. The molecule has 0 aliphatic carbocycles. The topological polar surface area (TPSA) is 129 Å². The van der Waals surface area contributed by atoms with Gasteiger partial charge in [-0.05, 0) is 48.1 Å². The lowest BCUT2D eigenvalue weighted by molar-refractivity contribution is -0.207. The Balaban J connectivity index is 1.58. The van der Waals surface area contributed by atoms with Gasteiger partial charge in [-0.1, -0.05) is 0 Å². The van der Waals surface area contributed by atoms with Gasteiger partial charge in [0.05, 0.1) is 37.2 Å². The maximum absolute atomic E-state index is 13.2. The Morgan fingerprint density at radius 1 is 1.25 bits per heavy atom. The van der Waals surface area contributed by atoms with Gasteiger partial charge >= 0.3 is 6.18 Å². The van der Waals surface area contributed by atoms with Crippen LogP contribution in [0.4, 0.5) is 13.2 Å². The molecule has 0 saturated carbocycles. The minimum atomic E-state index is -4.85. The van der Waals surface area contributed by atoms with Crippen molar-refractivity contribution in [2.24, 2.45) is 7.05 Å². The highest BCUT2D eigenvalue weighted by Crippen LogP contribution is 2.40. The van der Waals surface area contributed by atoms with Crippen molar-refractivity contribution in [2.45, 2.75) is 50.5 Å². The molecule has 1 fully saturated rings. The lowest BCUT2D eigenvalue weighted by atomic mass is 9.88. The van der Waals surface area contributed by atoms with Gasteiger partial charge in [0.25, 0.3) is 0 Å². The van der Waals surface area contributed by atoms with Gasteiger partial charge in [-0.3, -0.25) is 9.59 Å². The molecule has 9 nitrogen and oxygen atoms in total. The smallest absolute Gasteiger partial charge is 0.414 e.